The third-order valence-corrected chi connectivity index (χ3v) is 4.00. The zero-order valence-corrected chi connectivity index (χ0v) is 12.1. The van der Waals surface area contributed by atoms with E-state index >= 15 is 0 Å². The Morgan fingerprint density at radius 3 is 2.05 bits per heavy atom. The van der Waals surface area contributed by atoms with Crippen molar-refractivity contribution < 1.29 is 10.3 Å². The lowest BCUT2D eigenvalue weighted by Gasteiger charge is -2.30. The fourth-order valence-electron chi connectivity index (χ4n) is 2.79. The zero-order valence-electron chi connectivity index (χ0n) is 12.1. The normalized spacial score (nSPS) is 15.1. The van der Waals surface area contributed by atoms with Crippen LogP contribution in [0.5, 0.6) is 0 Å². The van der Waals surface area contributed by atoms with Crippen molar-refractivity contribution in [3.8, 4) is 0 Å². The standard InChI is InChI=1S/C15H20O.C2H4.H2O/c1-15(2,13-10-6-7-11-13)14(16)12-8-4-3-5-9-12;1-2;/h3-5,8-9,13H,6-7,10-11H2,1-2H3;1-2H2;1H2. The van der Waals surface area contributed by atoms with Gasteiger partial charge < -0.3 is 5.48 Å². The van der Waals surface area contributed by atoms with Gasteiger partial charge in [0.15, 0.2) is 5.78 Å². The Morgan fingerprint density at radius 1 is 1.11 bits per heavy atom. The number of ketones is 1. The highest BCUT2D eigenvalue weighted by molar-refractivity contribution is 6.00. The Morgan fingerprint density at radius 2 is 1.58 bits per heavy atom. The van der Waals surface area contributed by atoms with E-state index in [1.54, 1.807) is 0 Å². The second-order valence-electron chi connectivity index (χ2n) is 5.40. The molecule has 0 unspecified atom stereocenters. The lowest BCUT2D eigenvalue weighted by Crippen LogP contribution is -2.31. The van der Waals surface area contributed by atoms with Crippen LogP contribution in [0.25, 0.3) is 0 Å². The van der Waals surface area contributed by atoms with Crippen LogP contribution in [0.3, 0.4) is 0 Å². The van der Waals surface area contributed by atoms with Crippen molar-refractivity contribution in [3.63, 3.8) is 0 Å². The molecule has 19 heavy (non-hydrogen) atoms. The number of carbonyl (C=O) groups excluding carboxylic acids is 1. The summed E-state index contributed by atoms with van der Waals surface area (Å²) >= 11 is 0. The van der Waals surface area contributed by atoms with Crippen molar-refractivity contribution in [2.45, 2.75) is 39.5 Å². The van der Waals surface area contributed by atoms with Gasteiger partial charge in [-0.2, -0.15) is 0 Å². The minimum atomic E-state index is -0.197. The Labute approximate surface area is 116 Å². The molecule has 0 heterocycles. The molecule has 0 aliphatic heterocycles. The number of hydrogen-bond acceptors (Lipinski definition) is 1. The van der Waals surface area contributed by atoms with Gasteiger partial charge in [-0.1, -0.05) is 57.0 Å². The third-order valence-electron chi connectivity index (χ3n) is 4.00. The molecule has 0 bridgehead atoms. The van der Waals surface area contributed by atoms with Crippen molar-refractivity contribution in [2.24, 2.45) is 11.3 Å². The molecule has 2 rings (SSSR count). The molecule has 2 nitrogen and oxygen atoms in total. The molecule has 0 aromatic heterocycles. The molecular weight excluding hydrogens is 236 g/mol. The van der Waals surface area contributed by atoms with Gasteiger partial charge >= 0.3 is 0 Å². The minimum Gasteiger partial charge on any atom is -0.412 e. The molecule has 1 aromatic rings. The highest BCUT2D eigenvalue weighted by Crippen LogP contribution is 2.41. The van der Waals surface area contributed by atoms with E-state index in [9.17, 15) is 4.79 Å². The fourth-order valence-corrected chi connectivity index (χ4v) is 2.79. The van der Waals surface area contributed by atoms with E-state index in [0.717, 1.165) is 5.56 Å². The maximum absolute atomic E-state index is 12.5. The van der Waals surface area contributed by atoms with E-state index < -0.39 is 0 Å². The number of benzene rings is 1. The molecular formula is C17H26O2. The van der Waals surface area contributed by atoms with Crippen LogP contribution in [0, 0.1) is 11.3 Å². The third kappa shape index (κ3) is 4.03. The zero-order chi connectivity index (χ0) is 13.6. The molecule has 1 saturated carbocycles. The van der Waals surface area contributed by atoms with Crippen molar-refractivity contribution >= 4 is 5.78 Å². The largest absolute Gasteiger partial charge is 0.412 e. The Hall–Kier alpha value is -1.41. The van der Waals surface area contributed by atoms with Crippen LogP contribution in [0.1, 0.15) is 49.9 Å². The van der Waals surface area contributed by atoms with Crippen LogP contribution in [0.15, 0.2) is 43.5 Å². The molecule has 0 saturated heterocycles. The Kier molecular flexibility index (Phi) is 7.32. The summed E-state index contributed by atoms with van der Waals surface area (Å²) in [6, 6.07) is 9.70. The second kappa shape index (κ2) is 7.90. The summed E-state index contributed by atoms with van der Waals surface area (Å²) in [4.78, 5) is 12.5. The average Bonchev–Trinajstić information content (AvgIpc) is 2.96. The average molecular weight is 262 g/mol. The Balaban J connectivity index is 0.00000103. The summed E-state index contributed by atoms with van der Waals surface area (Å²) in [7, 11) is 0. The van der Waals surface area contributed by atoms with Crippen molar-refractivity contribution in [1.82, 2.24) is 0 Å². The van der Waals surface area contributed by atoms with E-state index in [2.05, 4.69) is 27.0 Å². The van der Waals surface area contributed by atoms with Crippen LogP contribution < -0.4 is 0 Å². The van der Waals surface area contributed by atoms with E-state index in [0.29, 0.717) is 11.7 Å². The summed E-state index contributed by atoms with van der Waals surface area (Å²) in [5.41, 5.74) is 0.664. The number of Topliss-reactive ketones (excluding diaryl/α,β-unsaturated/α-hetero) is 1. The van der Waals surface area contributed by atoms with E-state index in [4.69, 9.17) is 0 Å². The molecule has 0 amide bonds. The van der Waals surface area contributed by atoms with Crippen LogP contribution in [-0.4, -0.2) is 11.3 Å². The van der Waals surface area contributed by atoms with Crippen LogP contribution in [0.4, 0.5) is 0 Å². The van der Waals surface area contributed by atoms with E-state index in [-0.39, 0.29) is 10.9 Å². The van der Waals surface area contributed by atoms with Gasteiger partial charge in [0, 0.05) is 11.0 Å². The number of rotatable bonds is 3. The first-order valence-corrected chi connectivity index (χ1v) is 6.72. The van der Waals surface area contributed by atoms with Gasteiger partial charge in [-0.25, -0.2) is 0 Å². The topological polar surface area (TPSA) is 48.6 Å². The fraction of sp³-hybridized carbons (Fsp3) is 0.471. The smallest absolute Gasteiger partial charge is 0.168 e. The molecule has 1 aliphatic carbocycles. The van der Waals surface area contributed by atoms with Gasteiger partial charge in [0.2, 0.25) is 0 Å². The van der Waals surface area contributed by atoms with E-state index in [1.807, 2.05) is 30.3 Å². The molecule has 0 radical (unpaired) electrons. The van der Waals surface area contributed by atoms with Crippen molar-refractivity contribution in [3.05, 3.63) is 49.1 Å². The molecule has 2 heteroatoms. The predicted octanol–water partition coefficient (Wildman–Crippen LogP) is 4.06. The lowest BCUT2D eigenvalue weighted by atomic mass is 9.72. The Bertz CT molecular complexity index is 376. The molecule has 0 spiro atoms. The van der Waals surface area contributed by atoms with Gasteiger partial charge in [-0.15, -0.1) is 13.2 Å². The molecule has 1 aliphatic rings. The van der Waals surface area contributed by atoms with Gasteiger partial charge in [-0.05, 0) is 18.8 Å². The highest BCUT2D eigenvalue weighted by atomic mass is 16.1. The number of carbonyl (C=O) groups is 1. The summed E-state index contributed by atoms with van der Waals surface area (Å²) in [6.07, 6.45) is 5.00. The summed E-state index contributed by atoms with van der Waals surface area (Å²) in [5.74, 6) is 0.875. The van der Waals surface area contributed by atoms with E-state index in [1.165, 1.54) is 25.7 Å². The van der Waals surface area contributed by atoms with Gasteiger partial charge in [-0.3, -0.25) is 4.79 Å². The highest BCUT2D eigenvalue weighted by Gasteiger charge is 2.38. The molecule has 0 atom stereocenters. The van der Waals surface area contributed by atoms with Crippen molar-refractivity contribution in [2.75, 3.05) is 0 Å². The molecule has 1 aromatic carbocycles. The SMILES string of the molecule is C=C.CC(C)(C(=O)c1ccccc1)C1CCCC1.O. The predicted molar refractivity (Wildman–Crippen MR) is 81.4 cm³/mol. The van der Waals surface area contributed by atoms with Gasteiger partial charge in [0.25, 0.3) is 0 Å². The monoisotopic (exact) mass is 262 g/mol. The summed E-state index contributed by atoms with van der Waals surface area (Å²) < 4.78 is 0. The molecule has 2 N–H and O–H groups in total. The first-order chi connectivity index (χ1) is 8.62. The van der Waals surface area contributed by atoms with Crippen molar-refractivity contribution in [1.29, 1.82) is 0 Å². The second-order valence-corrected chi connectivity index (χ2v) is 5.40. The minimum absolute atomic E-state index is 0. The van der Waals surface area contributed by atoms with Crippen LogP contribution in [-0.2, 0) is 0 Å². The lowest BCUT2D eigenvalue weighted by molar-refractivity contribution is 0.0746. The number of hydrogen-bond donors (Lipinski definition) is 0. The van der Waals surface area contributed by atoms with Gasteiger partial charge in [0.1, 0.15) is 0 Å². The van der Waals surface area contributed by atoms with Gasteiger partial charge in [0.05, 0.1) is 0 Å². The molecule has 1 fully saturated rings. The molecule has 106 valence electrons. The maximum Gasteiger partial charge on any atom is 0.168 e. The van der Waals surface area contributed by atoms with Crippen LogP contribution in [0.2, 0.25) is 0 Å². The summed E-state index contributed by atoms with van der Waals surface area (Å²) in [6.45, 7) is 10.2. The summed E-state index contributed by atoms with van der Waals surface area (Å²) in [5, 5.41) is 0. The quantitative estimate of drug-likeness (QED) is 0.598. The first-order valence-electron chi connectivity index (χ1n) is 6.72. The maximum atomic E-state index is 12.5. The van der Waals surface area contributed by atoms with Crippen LogP contribution >= 0.6 is 0 Å². The first kappa shape index (κ1) is 17.6.